The van der Waals surface area contributed by atoms with Crippen molar-refractivity contribution in [1.29, 1.82) is 0 Å². The lowest BCUT2D eigenvalue weighted by atomic mass is 9.70. The predicted molar refractivity (Wildman–Crippen MR) is 159 cm³/mol. The molecular formula is C32H41N3O4S. The van der Waals surface area contributed by atoms with E-state index in [0.717, 1.165) is 18.4 Å². The number of aliphatic hydroxyl groups is 1. The number of likely N-dealkylation sites (tertiary alicyclic amines) is 1. The second-order valence-corrected chi connectivity index (χ2v) is 15.0. The summed E-state index contributed by atoms with van der Waals surface area (Å²) in [5.74, 6) is -1.81. The van der Waals surface area contributed by atoms with Crippen molar-refractivity contribution in [3.8, 4) is 0 Å². The standard InChI is InChI=1S/C32H41N3O4S/c1-30(2,3)19-31(4,5)34-28(38)26-32-17-16-23(40-32)24(27(37)33-21-14-10-7-11-15-21)25(32)29(39)35(26)22(18-36)20-12-8-6-9-13-20/h6-15,22-26,36H,16-19H2,1-5H3,(H,33,37)(H,34,38)/t22-,23+,24-,25+,26?,32?/m1/s1. The summed E-state index contributed by atoms with van der Waals surface area (Å²) in [7, 11) is 0. The molecule has 2 aromatic rings. The molecule has 3 N–H and O–H groups in total. The maximum Gasteiger partial charge on any atom is 0.244 e. The SMILES string of the molecule is CC(C)(C)CC(C)(C)NC(=O)C1N([C@H](CO)c2ccccc2)C(=O)[C@@H]2[C@H](C(=O)Nc3ccccc3)[C@@H]3CCC12S3. The molecule has 7 nitrogen and oxygen atoms in total. The van der Waals surface area contributed by atoms with Gasteiger partial charge in [0.25, 0.3) is 0 Å². The third-order valence-corrected chi connectivity index (χ3v) is 10.4. The molecule has 3 aliphatic heterocycles. The number of fused-ring (bicyclic) bond motifs is 1. The second-order valence-electron chi connectivity index (χ2n) is 13.4. The molecule has 3 heterocycles. The Balaban J connectivity index is 1.54. The van der Waals surface area contributed by atoms with E-state index >= 15 is 0 Å². The first-order valence-corrected chi connectivity index (χ1v) is 15.1. The quantitative estimate of drug-likeness (QED) is 0.429. The number of para-hydroxylation sites is 1. The number of anilines is 1. The van der Waals surface area contributed by atoms with E-state index in [4.69, 9.17) is 0 Å². The molecule has 2 unspecified atom stereocenters. The van der Waals surface area contributed by atoms with Crippen LogP contribution in [0.5, 0.6) is 0 Å². The number of hydrogen-bond donors (Lipinski definition) is 3. The van der Waals surface area contributed by atoms with Gasteiger partial charge in [0.15, 0.2) is 0 Å². The molecule has 3 aliphatic rings. The van der Waals surface area contributed by atoms with Gasteiger partial charge in [-0.05, 0) is 56.2 Å². The number of nitrogens with zero attached hydrogens (tertiary/aromatic N) is 1. The van der Waals surface area contributed by atoms with Crippen molar-refractivity contribution in [2.45, 2.75) is 81.5 Å². The van der Waals surface area contributed by atoms with E-state index in [1.54, 1.807) is 16.7 Å². The molecule has 1 spiro atoms. The maximum absolute atomic E-state index is 14.5. The minimum atomic E-state index is -0.800. The molecule has 2 bridgehead atoms. The van der Waals surface area contributed by atoms with Crippen molar-refractivity contribution in [3.05, 3.63) is 66.2 Å². The van der Waals surface area contributed by atoms with Gasteiger partial charge in [0.2, 0.25) is 17.7 Å². The van der Waals surface area contributed by atoms with E-state index in [1.165, 1.54) is 0 Å². The molecule has 2 aromatic carbocycles. The zero-order valence-corrected chi connectivity index (χ0v) is 24.8. The lowest BCUT2D eigenvalue weighted by Gasteiger charge is -2.40. The van der Waals surface area contributed by atoms with Crippen LogP contribution < -0.4 is 10.6 Å². The van der Waals surface area contributed by atoms with Crippen molar-refractivity contribution >= 4 is 35.2 Å². The van der Waals surface area contributed by atoms with Crippen LogP contribution in [0.2, 0.25) is 0 Å². The number of carbonyl (C=O) groups excluding carboxylic acids is 3. The topological polar surface area (TPSA) is 98.7 Å². The van der Waals surface area contributed by atoms with Crippen LogP contribution >= 0.6 is 11.8 Å². The number of aliphatic hydroxyl groups excluding tert-OH is 1. The molecule has 3 saturated heterocycles. The van der Waals surface area contributed by atoms with Gasteiger partial charge in [0.1, 0.15) is 6.04 Å². The molecule has 3 fully saturated rings. The normalized spacial score (nSPS) is 28.4. The summed E-state index contributed by atoms with van der Waals surface area (Å²) < 4.78 is -0.732. The Morgan fingerprint density at radius 1 is 1.02 bits per heavy atom. The highest BCUT2D eigenvalue weighted by molar-refractivity contribution is 8.02. The van der Waals surface area contributed by atoms with Gasteiger partial charge in [-0.25, -0.2) is 0 Å². The van der Waals surface area contributed by atoms with Crippen LogP contribution in [0.1, 0.15) is 65.5 Å². The Bertz CT molecular complexity index is 1260. The zero-order valence-electron chi connectivity index (χ0n) is 24.0. The summed E-state index contributed by atoms with van der Waals surface area (Å²) in [6, 6.07) is 17.2. The van der Waals surface area contributed by atoms with Crippen molar-refractivity contribution in [1.82, 2.24) is 10.2 Å². The van der Waals surface area contributed by atoms with Crippen molar-refractivity contribution in [3.63, 3.8) is 0 Å². The van der Waals surface area contributed by atoms with Gasteiger partial charge in [-0.1, -0.05) is 69.3 Å². The highest BCUT2D eigenvalue weighted by atomic mass is 32.2. The van der Waals surface area contributed by atoms with Crippen molar-refractivity contribution < 1.29 is 19.5 Å². The van der Waals surface area contributed by atoms with E-state index in [2.05, 4.69) is 31.4 Å². The van der Waals surface area contributed by atoms with E-state index in [0.29, 0.717) is 12.1 Å². The van der Waals surface area contributed by atoms with E-state index < -0.39 is 34.2 Å². The van der Waals surface area contributed by atoms with Crippen LogP contribution in [-0.2, 0) is 14.4 Å². The zero-order chi connectivity index (χ0) is 28.9. The molecule has 3 amide bonds. The van der Waals surface area contributed by atoms with E-state index in [9.17, 15) is 19.5 Å². The Morgan fingerprint density at radius 2 is 1.65 bits per heavy atom. The first-order chi connectivity index (χ1) is 18.9. The highest BCUT2D eigenvalue weighted by Gasteiger charge is 2.74. The minimum Gasteiger partial charge on any atom is -0.394 e. The number of nitrogens with one attached hydrogen (secondary N) is 2. The molecule has 0 aliphatic carbocycles. The van der Waals surface area contributed by atoms with Crippen LogP contribution in [0, 0.1) is 17.3 Å². The van der Waals surface area contributed by atoms with Crippen LogP contribution in [-0.4, -0.2) is 55.9 Å². The monoisotopic (exact) mass is 563 g/mol. The minimum absolute atomic E-state index is 0.0123. The molecule has 40 heavy (non-hydrogen) atoms. The third-order valence-electron chi connectivity index (χ3n) is 8.46. The fourth-order valence-electron chi connectivity index (χ4n) is 7.58. The fourth-order valence-corrected chi connectivity index (χ4v) is 9.78. The van der Waals surface area contributed by atoms with E-state index in [1.807, 2.05) is 74.5 Å². The Morgan fingerprint density at radius 3 is 2.25 bits per heavy atom. The molecule has 0 radical (unpaired) electrons. The number of benzene rings is 2. The number of hydrogen-bond acceptors (Lipinski definition) is 5. The van der Waals surface area contributed by atoms with Crippen LogP contribution in [0.3, 0.4) is 0 Å². The van der Waals surface area contributed by atoms with Crippen LogP contribution in [0.25, 0.3) is 0 Å². The summed E-state index contributed by atoms with van der Waals surface area (Å²) in [5, 5.41) is 16.9. The van der Waals surface area contributed by atoms with Gasteiger partial charge in [-0.3, -0.25) is 14.4 Å². The molecule has 0 aromatic heterocycles. The Hall–Kier alpha value is -2.84. The fraction of sp³-hybridized carbons (Fsp3) is 0.531. The number of thioether (sulfide) groups is 1. The number of rotatable bonds is 8. The van der Waals surface area contributed by atoms with Crippen LogP contribution in [0.15, 0.2) is 60.7 Å². The largest absolute Gasteiger partial charge is 0.394 e. The van der Waals surface area contributed by atoms with Gasteiger partial charge in [-0.2, -0.15) is 0 Å². The van der Waals surface area contributed by atoms with Gasteiger partial charge < -0.3 is 20.6 Å². The number of carbonyl (C=O) groups is 3. The highest BCUT2D eigenvalue weighted by Crippen LogP contribution is 2.67. The molecular weight excluding hydrogens is 522 g/mol. The Kier molecular flexibility index (Phi) is 7.55. The summed E-state index contributed by atoms with van der Waals surface area (Å²) in [4.78, 5) is 44.1. The van der Waals surface area contributed by atoms with Crippen molar-refractivity contribution in [2.24, 2.45) is 17.3 Å². The van der Waals surface area contributed by atoms with Gasteiger partial charge in [-0.15, -0.1) is 11.8 Å². The summed E-state index contributed by atoms with van der Waals surface area (Å²) in [5.41, 5.74) is 0.937. The first-order valence-electron chi connectivity index (χ1n) is 14.2. The average molecular weight is 564 g/mol. The molecule has 0 saturated carbocycles. The molecule has 5 rings (SSSR count). The van der Waals surface area contributed by atoms with Crippen LogP contribution in [0.4, 0.5) is 5.69 Å². The molecule has 6 atom stereocenters. The van der Waals surface area contributed by atoms with Gasteiger partial charge in [0.05, 0.1) is 29.2 Å². The lowest BCUT2D eigenvalue weighted by molar-refractivity contribution is -0.142. The van der Waals surface area contributed by atoms with Crippen molar-refractivity contribution in [2.75, 3.05) is 11.9 Å². The van der Waals surface area contributed by atoms with Gasteiger partial charge >= 0.3 is 0 Å². The predicted octanol–water partition coefficient (Wildman–Crippen LogP) is 4.78. The van der Waals surface area contributed by atoms with Gasteiger partial charge in [0, 0.05) is 16.5 Å². The third kappa shape index (κ3) is 5.16. The van der Waals surface area contributed by atoms with E-state index in [-0.39, 0.29) is 35.0 Å². The number of amides is 3. The second kappa shape index (κ2) is 10.5. The smallest absolute Gasteiger partial charge is 0.244 e. The summed E-state index contributed by atoms with van der Waals surface area (Å²) in [6.07, 6.45) is 2.19. The summed E-state index contributed by atoms with van der Waals surface area (Å²) >= 11 is 1.64. The maximum atomic E-state index is 14.5. The Labute approximate surface area is 241 Å². The average Bonchev–Trinajstić information content (AvgIpc) is 3.52. The lowest BCUT2D eigenvalue weighted by Crippen LogP contribution is -2.58. The molecule has 8 heteroatoms. The molecule has 214 valence electrons. The first kappa shape index (κ1) is 28.7. The summed E-state index contributed by atoms with van der Waals surface area (Å²) in [6.45, 7) is 10.1.